The third-order valence-corrected chi connectivity index (χ3v) is 3.36. The molecule has 0 radical (unpaired) electrons. The number of piperidine rings is 1. The van der Waals surface area contributed by atoms with Crippen LogP contribution in [0.25, 0.3) is 0 Å². The number of likely N-dealkylation sites (tertiary alicyclic amines) is 1. The van der Waals surface area contributed by atoms with Gasteiger partial charge < -0.3 is 15.7 Å². The minimum Gasteiger partial charge on any atom is -0.478 e. The minimum absolute atomic E-state index is 0.122. The van der Waals surface area contributed by atoms with Crippen molar-refractivity contribution in [3.63, 3.8) is 0 Å². The van der Waals surface area contributed by atoms with E-state index in [-0.39, 0.29) is 23.2 Å². The molecule has 0 aromatic carbocycles. The lowest BCUT2D eigenvalue weighted by molar-refractivity contribution is 0.0685. The van der Waals surface area contributed by atoms with Crippen LogP contribution in [0.1, 0.15) is 39.4 Å². The molecule has 102 valence electrons. The summed E-state index contributed by atoms with van der Waals surface area (Å²) in [6.07, 6.45) is 1.58. The zero-order valence-corrected chi connectivity index (χ0v) is 10.8. The van der Waals surface area contributed by atoms with Crippen molar-refractivity contribution in [1.82, 2.24) is 9.88 Å². The Balaban J connectivity index is 2.16. The van der Waals surface area contributed by atoms with Crippen molar-refractivity contribution in [3.05, 3.63) is 29.1 Å². The molecular formula is C13H17N3O3. The van der Waals surface area contributed by atoms with Crippen molar-refractivity contribution >= 4 is 11.9 Å². The van der Waals surface area contributed by atoms with E-state index >= 15 is 0 Å². The number of rotatable bonds is 2. The normalized spacial score (nSPS) is 16.4. The van der Waals surface area contributed by atoms with Crippen molar-refractivity contribution < 1.29 is 14.7 Å². The SMILES string of the molecule is Cc1nc(C(=O)N2CCC(N)CC2)ccc1C(=O)O. The molecule has 1 aromatic heterocycles. The van der Waals surface area contributed by atoms with E-state index in [0.29, 0.717) is 18.8 Å². The van der Waals surface area contributed by atoms with E-state index in [4.69, 9.17) is 10.8 Å². The Morgan fingerprint density at radius 1 is 1.37 bits per heavy atom. The number of carbonyl (C=O) groups is 2. The Bertz CT molecular complexity index is 508. The number of aromatic nitrogens is 1. The standard InChI is InChI=1S/C13H17N3O3/c1-8-10(13(18)19)2-3-11(15-8)12(17)16-6-4-9(14)5-7-16/h2-3,9H,4-7,14H2,1H3,(H,18,19). The highest BCUT2D eigenvalue weighted by Crippen LogP contribution is 2.13. The first-order valence-corrected chi connectivity index (χ1v) is 6.25. The zero-order valence-electron chi connectivity index (χ0n) is 10.8. The van der Waals surface area contributed by atoms with Gasteiger partial charge in [0.25, 0.3) is 5.91 Å². The average molecular weight is 263 g/mol. The number of aromatic carboxylic acids is 1. The summed E-state index contributed by atoms with van der Waals surface area (Å²) in [6.45, 7) is 2.84. The molecule has 0 saturated carbocycles. The van der Waals surface area contributed by atoms with Crippen molar-refractivity contribution in [2.75, 3.05) is 13.1 Å². The van der Waals surface area contributed by atoms with Crippen LogP contribution in [0.3, 0.4) is 0 Å². The van der Waals surface area contributed by atoms with E-state index in [9.17, 15) is 9.59 Å². The maximum absolute atomic E-state index is 12.2. The summed E-state index contributed by atoms with van der Waals surface area (Å²) < 4.78 is 0. The largest absolute Gasteiger partial charge is 0.478 e. The Hall–Kier alpha value is -1.95. The zero-order chi connectivity index (χ0) is 14.0. The molecule has 2 heterocycles. The molecule has 19 heavy (non-hydrogen) atoms. The Labute approximate surface area is 111 Å². The quantitative estimate of drug-likeness (QED) is 0.816. The first-order valence-electron chi connectivity index (χ1n) is 6.25. The number of nitrogens with two attached hydrogens (primary N) is 1. The van der Waals surface area contributed by atoms with E-state index in [0.717, 1.165) is 12.8 Å². The van der Waals surface area contributed by atoms with Gasteiger partial charge in [0.15, 0.2) is 0 Å². The van der Waals surface area contributed by atoms with Gasteiger partial charge in [-0.15, -0.1) is 0 Å². The predicted molar refractivity (Wildman–Crippen MR) is 69.0 cm³/mol. The first kappa shape index (κ1) is 13.5. The van der Waals surface area contributed by atoms with E-state index < -0.39 is 5.97 Å². The molecule has 0 atom stereocenters. The molecule has 1 aliphatic heterocycles. The number of pyridine rings is 1. The highest BCUT2D eigenvalue weighted by molar-refractivity contribution is 5.94. The van der Waals surface area contributed by atoms with E-state index in [1.165, 1.54) is 12.1 Å². The molecule has 0 aliphatic carbocycles. The average Bonchev–Trinajstić information content (AvgIpc) is 2.38. The lowest BCUT2D eigenvalue weighted by Gasteiger charge is -2.29. The second-order valence-corrected chi connectivity index (χ2v) is 4.76. The molecule has 3 N–H and O–H groups in total. The second-order valence-electron chi connectivity index (χ2n) is 4.76. The lowest BCUT2D eigenvalue weighted by atomic mass is 10.1. The molecular weight excluding hydrogens is 246 g/mol. The van der Waals surface area contributed by atoms with Crippen molar-refractivity contribution in [2.45, 2.75) is 25.8 Å². The van der Waals surface area contributed by atoms with Gasteiger partial charge in [0.1, 0.15) is 5.69 Å². The molecule has 1 fully saturated rings. The Morgan fingerprint density at radius 2 is 2.00 bits per heavy atom. The number of amides is 1. The summed E-state index contributed by atoms with van der Waals surface area (Å²) >= 11 is 0. The highest BCUT2D eigenvalue weighted by atomic mass is 16.4. The van der Waals surface area contributed by atoms with Gasteiger partial charge in [0.2, 0.25) is 0 Å². The summed E-state index contributed by atoms with van der Waals surface area (Å²) in [4.78, 5) is 28.9. The smallest absolute Gasteiger partial charge is 0.337 e. The number of carboxylic acids is 1. The van der Waals surface area contributed by atoms with Crippen LogP contribution < -0.4 is 5.73 Å². The predicted octanol–water partition coefficient (Wildman–Crippen LogP) is 0.652. The van der Waals surface area contributed by atoms with Crippen LogP contribution >= 0.6 is 0 Å². The monoisotopic (exact) mass is 263 g/mol. The van der Waals surface area contributed by atoms with Crippen LogP contribution in [0.5, 0.6) is 0 Å². The van der Waals surface area contributed by atoms with Crippen molar-refractivity contribution in [1.29, 1.82) is 0 Å². The summed E-state index contributed by atoms with van der Waals surface area (Å²) in [5, 5.41) is 8.92. The third kappa shape index (κ3) is 2.90. The summed E-state index contributed by atoms with van der Waals surface area (Å²) in [5.74, 6) is -1.19. The molecule has 1 aromatic rings. The van der Waals surface area contributed by atoms with Crippen LogP contribution in [0.15, 0.2) is 12.1 Å². The molecule has 1 aliphatic rings. The van der Waals surface area contributed by atoms with E-state index in [1.54, 1.807) is 11.8 Å². The Morgan fingerprint density at radius 3 is 2.53 bits per heavy atom. The van der Waals surface area contributed by atoms with Crippen LogP contribution in [0, 0.1) is 6.92 Å². The fraction of sp³-hybridized carbons (Fsp3) is 0.462. The maximum atomic E-state index is 12.2. The van der Waals surface area contributed by atoms with Crippen LogP contribution in [-0.4, -0.2) is 46.0 Å². The fourth-order valence-electron chi connectivity index (χ4n) is 2.17. The van der Waals surface area contributed by atoms with Gasteiger partial charge in [0.05, 0.1) is 11.3 Å². The molecule has 6 nitrogen and oxygen atoms in total. The van der Waals surface area contributed by atoms with Gasteiger partial charge >= 0.3 is 5.97 Å². The topological polar surface area (TPSA) is 96.5 Å². The molecule has 0 unspecified atom stereocenters. The van der Waals surface area contributed by atoms with E-state index in [2.05, 4.69) is 4.98 Å². The van der Waals surface area contributed by atoms with Gasteiger partial charge in [-0.2, -0.15) is 0 Å². The molecule has 6 heteroatoms. The number of nitrogens with zero attached hydrogens (tertiary/aromatic N) is 2. The van der Waals surface area contributed by atoms with Gasteiger partial charge in [-0.05, 0) is 31.9 Å². The number of hydrogen-bond donors (Lipinski definition) is 2. The number of aryl methyl sites for hydroxylation is 1. The summed E-state index contributed by atoms with van der Waals surface area (Å²) in [5.41, 5.74) is 6.56. The van der Waals surface area contributed by atoms with E-state index in [1.807, 2.05) is 0 Å². The lowest BCUT2D eigenvalue weighted by Crippen LogP contribution is -2.43. The van der Waals surface area contributed by atoms with Gasteiger partial charge in [-0.25, -0.2) is 9.78 Å². The van der Waals surface area contributed by atoms with Crippen LogP contribution in [0.2, 0.25) is 0 Å². The number of carboxylic acid groups (broad SMARTS) is 1. The molecule has 0 spiro atoms. The fourth-order valence-corrected chi connectivity index (χ4v) is 2.17. The molecule has 1 saturated heterocycles. The van der Waals surface area contributed by atoms with Crippen molar-refractivity contribution in [3.8, 4) is 0 Å². The molecule has 1 amide bonds. The molecule has 2 rings (SSSR count). The number of hydrogen-bond acceptors (Lipinski definition) is 4. The van der Waals surface area contributed by atoms with Gasteiger partial charge in [0, 0.05) is 19.1 Å². The summed E-state index contributed by atoms with van der Waals surface area (Å²) in [7, 11) is 0. The van der Waals surface area contributed by atoms with Gasteiger partial charge in [-0.3, -0.25) is 4.79 Å². The number of carbonyl (C=O) groups excluding carboxylic acids is 1. The maximum Gasteiger partial charge on any atom is 0.337 e. The minimum atomic E-state index is -1.03. The summed E-state index contributed by atoms with van der Waals surface area (Å²) in [6, 6.07) is 3.05. The third-order valence-electron chi connectivity index (χ3n) is 3.36. The van der Waals surface area contributed by atoms with Crippen molar-refractivity contribution in [2.24, 2.45) is 5.73 Å². The van der Waals surface area contributed by atoms with Crippen LogP contribution in [0.4, 0.5) is 0 Å². The van der Waals surface area contributed by atoms with Gasteiger partial charge in [-0.1, -0.05) is 0 Å². The second kappa shape index (κ2) is 5.36. The highest BCUT2D eigenvalue weighted by Gasteiger charge is 2.23. The molecule has 0 bridgehead atoms. The Kier molecular flexibility index (Phi) is 3.80. The first-order chi connectivity index (χ1) is 8.99. The van der Waals surface area contributed by atoms with Crippen LogP contribution in [-0.2, 0) is 0 Å².